The van der Waals surface area contributed by atoms with Crippen LogP contribution in [0.4, 0.5) is 20.6 Å². The van der Waals surface area contributed by atoms with Gasteiger partial charge in [-0.05, 0) is 61.2 Å². The number of carbonyl (C=O) groups excluding carboxylic acids is 1. The number of carboxylic acids is 3. The second kappa shape index (κ2) is 14.2. The van der Waals surface area contributed by atoms with E-state index in [-0.39, 0.29) is 12.8 Å². The molecule has 0 aliphatic heterocycles. The molecule has 6 N–H and O–H groups in total. The van der Waals surface area contributed by atoms with Crippen LogP contribution >= 0.6 is 0 Å². The minimum Gasteiger partial charge on any atom is -0.481 e. The molecular weight excluding hydrogens is 527 g/mol. The minimum atomic E-state index is -1.48. The Kier molecular flexibility index (Phi) is 10.5. The van der Waals surface area contributed by atoms with Gasteiger partial charge < -0.3 is 31.3 Å². The van der Waals surface area contributed by atoms with E-state index >= 15 is 0 Å². The van der Waals surface area contributed by atoms with Gasteiger partial charge in [-0.3, -0.25) is 9.18 Å². The molecule has 0 fully saturated rings. The number of nitrogens with one attached hydrogen (secondary N) is 3. The van der Waals surface area contributed by atoms with Gasteiger partial charge in [-0.15, -0.1) is 5.10 Å². The van der Waals surface area contributed by atoms with Gasteiger partial charge in [0.2, 0.25) is 0 Å². The van der Waals surface area contributed by atoms with Crippen LogP contribution in [0.1, 0.15) is 30.5 Å². The van der Waals surface area contributed by atoms with Crippen LogP contribution in [0, 0.1) is 0 Å². The number of alkyl halides is 1. The summed E-state index contributed by atoms with van der Waals surface area (Å²) in [5.74, 6) is -3.98. The zero-order valence-corrected chi connectivity index (χ0v) is 21.3. The van der Waals surface area contributed by atoms with E-state index in [0.717, 1.165) is 17.1 Å². The fraction of sp³-hybridized carbons (Fsp3) is 0.308. The van der Waals surface area contributed by atoms with Crippen molar-refractivity contribution in [3.05, 3.63) is 66.0 Å². The highest BCUT2D eigenvalue weighted by molar-refractivity contribution is 5.86. The molecule has 3 aromatic rings. The molecule has 0 bridgehead atoms. The number of hydrogen-bond donors (Lipinski definition) is 6. The molecule has 14 heteroatoms. The molecule has 0 saturated carbocycles. The highest BCUT2D eigenvalue weighted by Gasteiger charge is 2.25. The SMILES string of the molecule is O=C(O)CC[C@H](NC(=O)N[C@@H](Cc1ccc(Nc2ccc(-n3cc(CCCF)nn3)cc2)cc1)C(=O)O)C(=O)O. The van der Waals surface area contributed by atoms with Gasteiger partial charge in [0.05, 0.1) is 24.3 Å². The smallest absolute Gasteiger partial charge is 0.326 e. The number of carbonyl (C=O) groups is 4. The third-order valence-corrected chi connectivity index (χ3v) is 5.78. The normalized spacial score (nSPS) is 12.2. The summed E-state index contributed by atoms with van der Waals surface area (Å²) in [4.78, 5) is 45.8. The third-order valence-electron chi connectivity index (χ3n) is 5.78. The molecule has 3 rings (SSSR count). The van der Waals surface area contributed by atoms with Crippen LogP contribution in [0.3, 0.4) is 0 Å². The van der Waals surface area contributed by atoms with E-state index in [1.54, 1.807) is 35.1 Å². The lowest BCUT2D eigenvalue weighted by Crippen LogP contribution is -2.51. The van der Waals surface area contributed by atoms with E-state index in [1.165, 1.54) is 0 Å². The van der Waals surface area contributed by atoms with E-state index in [9.17, 15) is 28.7 Å². The number of aryl methyl sites for hydroxylation is 1. The van der Waals surface area contributed by atoms with Crippen molar-refractivity contribution in [1.82, 2.24) is 25.6 Å². The second-order valence-corrected chi connectivity index (χ2v) is 8.85. The van der Waals surface area contributed by atoms with Crippen molar-refractivity contribution in [2.24, 2.45) is 0 Å². The first-order valence-corrected chi connectivity index (χ1v) is 12.3. The largest absolute Gasteiger partial charge is 0.481 e. The van der Waals surface area contributed by atoms with Crippen LogP contribution in [0.5, 0.6) is 0 Å². The lowest BCUT2D eigenvalue weighted by atomic mass is 10.1. The van der Waals surface area contributed by atoms with Gasteiger partial charge >= 0.3 is 23.9 Å². The number of anilines is 2. The lowest BCUT2D eigenvalue weighted by Gasteiger charge is -2.18. The lowest BCUT2D eigenvalue weighted by molar-refractivity contribution is -0.140. The Balaban J connectivity index is 1.55. The number of amides is 2. The molecule has 0 aliphatic rings. The standard InChI is InChI=1S/C26H29FN6O7/c27-13-1-2-19-15-33(32-31-19)20-9-7-18(8-10-20)28-17-5-3-16(4-6-17)14-22(25(38)39)30-26(40)29-21(24(36)37)11-12-23(34)35/h3-10,15,21-22,28H,1-2,11-14H2,(H,34,35)(H,36,37)(H,38,39)(H2,29,30,40)/t21-,22-/m0/s1. The fourth-order valence-electron chi connectivity index (χ4n) is 3.69. The Labute approximate surface area is 228 Å². The summed E-state index contributed by atoms with van der Waals surface area (Å²) >= 11 is 0. The molecule has 0 saturated heterocycles. The highest BCUT2D eigenvalue weighted by Crippen LogP contribution is 2.20. The topological polar surface area (TPSA) is 196 Å². The van der Waals surface area contributed by atoms with Crippen molar-refractivity contribution in [3.63, 3.8) is 0 Å². The van der Waals surface area contributed by atoms with Crippen LogP contribution in [-0.4, -0.2) is 73.0 Å². The second-order valence-electron chi connectivity index (χ2n) is 8.85. The van der Waals surface area contributed by atoms with Gasteiger partial charge in [-0.1, -0.05) is 17.3 Å². The van der Waals surface area contributed by atoms with Crippen molar-refractivity contribution < 1.29 is 38.9 Å². The number of benzene rings is 2. The first-order chi connectivity index (χ1) is 19.1. The molecular formula is C26H29FN6O7. The third kappa shape index (κ3) is 9.08. The van der Waals surface area contributed by atoms with Gasteiger partial charge in [-0.25, -0.2) is 19.1 Å². The van der Waals surface area contributed by atoms with E-state index in [2.05, 4.69) is 26.3 Å². The summed E-state index contributed by atoms with van der Waals surface area (Å²) in [5, 5.41) is 43.0. The zero-order valence-electron chi connectivity index (χ0n) is 21.3. The van der Waals surface area contributed by atoms with E-state index in [0.29, 0.717) is 24.1 Å². The van der Waals surface area contributed by atoms with Crippen LogP contribution in [-0.2, 0) is 27.2 Å². The number of halogens is 1. The van der Waals surface area contributed by atoms with Crippen molar-refractivity contribution in [2.45, 2.75) is 44.2 Å². The molecule has 0 spiro atoms. The number of nitrogens with zero attached hydrogens (tertiary/aromatic N) is 3. The van der Waals surface area contributed by atoms with E-state index in [1.807, 2.05) is 24.3 Å². The number of urea groups is 1. The van der Waals surface area contributed by atoms with Crippen molar-refractivity contribution in [1.29, 1.82) is 0 Å². The quantitative estimate of drug-likeness (QED) is 0.162. The van der Waals surface area contributed by atoms with Gasteiger partial charge in [0.25, 0.3) is 0 Å². The van der Waals surface area contributed by atoms with Gasteiger partial charge in [0, 0.05) is 24.2 Å². The summed E-state index contributed by atoms with van der Waals surface area (Å²) < 4.78 is 14.0. The number of hydrogen-bond acceptors (Lipinski definition) is 7. The van der Waals surface area contributed by atoms with Crippen molar-refractivity contribution in [3.8, 4) is 5.69 Å². The molecule has 212 valence electrons. The molecule has 2 atom stereocenters. The van der Waals surface area contributed by atoms with Crippen LogP contribution in [0.15, 0.2) is 54.7 Å². The summed E-state index contributed by atoms with van der Waals surface area (Å²) in [5.41, 5.74) is 3.61. The average molecular weight is 557 g/mol. The molecule has 0 aliphatic carbocycles. The minimum absolute atomic E-state index is 0.0736. The Morgan fingerprint density at radius 1 is 0.875 bits per heavy atom. The van der Waals surface area contributed by atoms with Crippen molar-refractivity contribution >= 4 is 35.3 Å². The van der Waals surface area contributed by atoms with Gasteiger partial charge in [0.1, 0.15) is 12.1 Å². The Morgan fingerprint density at radius 2 is 1.48 bits per heavy atom. The molecule has 13 nitrogen and oxygen atoms in total. The maximum atomic E-state index is 12.4. The molecule has 0 radical (unpaired) electrons. The van der Waals surface area contributed by atoms with Crippen molar-refractivity contribution in [2.75, 3.05) is 12.0 Å². The fourth-order valence-corrected chi connectivity index (χ4v) is 3.69. The Bertz CT molecular complexity index is 1310. The number of rotatable bonds is 15. The summed E-state index contributed by atoms with van der Waals surface area (Å²) in [6.45, 7) is -0.408. The van der Waals surface area contributed by atoms with Gasteiger partial charge in [0.15, 0.2) is 0 Å². The Morgan fingerprint density at radius 3 is 2.05 bits per heavy atom. The number of aromatic nitrogens is 3. The van der Waals surface area contributed by atoms with Gasteiger partial charge in [-0.2, -0.15) is 0 Å². The van der Waals surface area contributed by atoms with Crippen LogP contribution in [0.2, 0.25) is 0 Å². The van der Waals surface area contributed by atoms with E-state index in [4.69, 9.17) is 10.2 Å². The molecule has 40 heavy (non-hydrogen) atoms. The summed E-state index contributed by atoms with van der Waals surface area (Å²) in [6, 6.07) is 10.4. The maximum absolute atomic E-state index is 12.4. The summed E-state index contributed by atoms with van der Waals surface area (Å²) in [7, 11) is 0. The van der Waals surface area contributed by atoms with Crippen LogP contribution < -0.4 is 16.0 Å². The Hall–Kier alpha value is -5.01. The average Bonchev–Trinajstić information content (AvgIpc) is 3.39. The van der Waals surface area contributed by atoms with E-state index < -0.39 is 49.1 Å². The monoisotopic (exact) mass is 556 g/mol. The first-order valence-electron chi connectivity index (χ1n) is 12.3. The molecule has 0 unspecified atom stereocenters. The number of aliphatic carboxylic acids is 3. The summed E-state index contributed by atoms with van der Waals surface area (Å²) in [6.07, 6.45) is 1.76. The molecule has 1 aromatic heterocycles. The molecule has 2 aromatic carbocycles. The predicted molar refractivity (Wildman–Crippen MR) is 140 cm³/mol. The first kappa shape index (κ1) is 29.5. The maximum Gasteiger partial charge on any atom is 0.326 e. The molecule has 1 heterocycles. The zero-order chi connectivity index (χ0) is 29.1. The highest BCUT2D eigenvalue weighted by atomic mass is 19.1. The predicted octanol–water partition coefficient (Wildman–Crippen LogP) is 2.53. The number of carboxylic acid groups (broad SMARTS) is 3. The van der Waals surface area contributed by atoms with Crippen LogP contribution in [0.25, 0.3) is 5.69 Å². The molecule has 2 amide bonds.